The molecule has 2 atom stereocenters. The van der Waals surface area contributed by atoms with Crippen LogP contribution in [-0.2, 0) is 0 Å². The zero-order valence-corrected chi connectivity index (χ0v) is 10.6. The summed E-state index contributed by atoms with van der Waals surface area (Å²) in [5.74, 6) is 0. The van der Waals surface area contributed by atoms with Gasteiger partial charge >= 0.3 is 0 Å². The number of hydrogen-bond acceptors (Lipinski definition) is 2. The maximum atomic E-state index is 3.98. The van der Waals surface area contributed by atoms with Gasteiger partial charge in [0.15, 0.2) is 0 Å². The monoisotopic (exact) mass is 210 g/mol. The van der Waals surface area contributed by atoms with Crippen LogP contribution in [0.1, 0.15) is 40.0 Å². The van der Waals surface area contributed by atoms with Crippen LogP contribution in [-0.4, -0.2) is 36.1 Å². The molecule has 0 radical (unpaired) electrons. The molecule has 88 valence electrons. The first-order chi connectivity index (χ1) is 7.19. The van der Waals surface area contributed by atoms with Crippen LogP contribution in [0.15, 0.2) is 12.7 Å². The highest BCUT2D eigenvalue weighted by molar-refractivity contribution is 5.05. The Balaban J connectivity index is 2.75. The van der Waals surface area contributed by atoms with Gasteiger partial charge in [0.2, 0.25) is 0 Å². The Morgan fingerprint density at radius 2 is 2.00 bits per heavy atom. The van der Waals surface area contributed by atoms with E-state index in [2.05, 4.69) is 43.6 Å². The van der Waals surface area contributed by atoms with Crippen LogP contribution >= 0.6 is 0 Å². The molecule has 0 aromatic carbocycles. The van der Waals surface area contributed by atoms with E-state index in [0.29, 0.717) is 6.04 Å². The van der Waals surface area contributed by atoms with E-state index >= 15 is 0 Å². The SMILES string of the molecule is C=CC(NCC)C(C)(CC)N1CCCC1. The largest absolute Gasteiger partial charge is 0.309 e. The van der Waals surface area contributed by atoms with Crippen molar-refractivity contribution in [2.45, 2.75) is 51.6 Å². The summed E-state index contributed by atoms with van der Waals surface area (Å²) in [6.45, 7) is 14.3. The van der Waals surface area contributed by atoms with Gasteiger partial charge in [0.1, 0.15) is 0 Å². The highest BCUT2D eigenvalue weighted by Gasteiger charge is 2.37. The Morgan fingerprint density at radius 3 is 2.40 bits per heavy atom. The average Bonchev–Trinajstić information content (AvgIpc) is 2.78. The second kappa shape index (κ2) is 5.66. The van der Waals surface area contributed by atoms with Gasteiger partial charge in [0.05, 0.1) is 0 Å². The Kier molecular flexibility index (Phi) is 4.81. The summed E-state index contributed by atoms with van der Waals surface area (Å²) in [5, 5.41) is 3.54. The minimum Gasteiger partial charge on any atom is -0.309 e. The lowest BCUT2D eigenvalue weighted by molar-refractivity contribution is 0.103. The fourth-order valence-corrected chi connectivity index (χ4v) is 2.65. The molecule has 1 saturated heterocycles. The second-order valence-electron chi connectivity index (χ2n) is 4.68. The van der Waals surface area contributed by atoms with Crippen molar-refractivity contribution in [3.8, 4) is 0 Å². The smallest absolute Gasteiger partial charge is 0.0431 e. The number of likely N-dealkylation sites (N-methyl/N-ethyl adjacent to an activating group) is 1. The molecule has 1 fully saturated rings. The van der Waals surface area contributed by atoms with Crippen LogP contribution in [0.25, 0.3) is 0 Å². The molecule has 1 aliphatic heterocycles. The van der Waals surface area contributed by atoms with E-state index in [9.17, 15) is 0 Å². The molecule has 0 spiro atoms. The maximum Gasteiger partial charge on any atom is 0.0431 e. The molecule has 0 bridgehead atoms. The van der Waals surface area contributed by atoms with Gasteiger partial charge in [-0.25, -0.2) is 0 Å². The first-order valence-electron chi connectivity index (χ1n) is 6.30. The van der Waals surface area contributed by atoms with E-state index in [4.69, 9.17) is 0 Å². The first kappa shape index (κ1) is 12.7. The number of rotatable bonds is 6. The lowest BCUT2D eigenvalue weighted by Crippen LogP contribution is -2.57. The Morgan fingerprint density at radius 1 is 1.40 bits per heavy atom. The third-order valence-corrected chi connectivity index (χ3v) is 3.87. The van der Waals surface area contributed by atoms with Crippen molar-refractivity contribution in [2.75, 3.05) is 19.6 Å². The lowest BCUT2D eigenvalue weighted by Gasteiger charge is -2.43. The van der Waals surface area contributed by atoms with Gasteiger partial charge in [-0.3, -0.25) is 4.90 Å². The molecule has 1 aliphatic rings. The van der Waals surface area contributed by atoms with Gasteiger partial charge in [-0.1, -0.05) is 19.9 Å². The number of nitrogens with zero attached hydrogens (tertiary/aromatic N) is 1. The van der Waals surface area contributed by atoms with Crippen LogP contribution in [0.4, 0.5) is 0 Å². The summed E-state index contributed by atoms with van der Waals surface area (Å²) in [4.78, 5) is 2.63. The summed E-state index contributed by atoms with van der Waals surface area (Å²) in [6.07, 6.45) is 5.96. The van der Waals surface area contributed by atoms with Gasteiger partial charge in [-0.2, -0.15) is 0 Å². The summed E-state index contributed by atoms with van der Waals surface area (Å²) < 4.78 is 0. The van der Waals surface area contributed by atoms with Crippen molar-refractivity contribution in [1.29, 1.82) is 0 Å². The van der Waals surface area contributed by atoms with Crippen LogP contribution in [0.2, 0.25) is 0 Å². The number of nitrogens with one attached hydrogen (secondary N) is 1. The highest BCUT2D eigenvalue weighted by Crippen LogP contribution is 2.28. The molecule has 1 N–H and O–H groups in total. The topological polar surface area (TPSA) is 15.3 Å². The fourth-order valence-electron chi connectivity index (χ4n) is 2.65. The molecule has 1 rings (SSSR count). The lowest BCUT2D eigenvalue weighted by atomic mass is 9.87. The van der Waals surface area contributed by atoms with Crippen LogP contribution < -0.4 is 5.32 Å². The molecule has 2 nitrogen and oxygen atoms in total. The fraction of sp³-hybridized carbons (Fsp3) is 0.846. The van der Waals surface area contributed by atoms with Crippen molar-refractivity contribution in [3.05, 3.63) is 12.7 Å². The summed E-state index contributed by atoms with van der Waals surface area (Å²) in [5.41, 5.74) is 0.244. The number of hydrogen-bond donors (Lipinski definition) is 1. The van der Waals surface area contributed by atoms with Gasteiger partial charge in [-0.15, -0.1) is 6.58 Å². The molecule has 0 aromatic heterocycles. The van der Waals surface area contributed by atoms with E-state index in [1.165, 1.54) is 32.4 Å². The predicted octanol–water partition coefficient (Wildman–Crippen LogP) is 2.42. The zero-order chi connectivity index (χ0) is 11.3. The van der Waals surface area contributed by atoms with Gasteiger partial charge in [0.25, 0.3) is 0 Å². The molecule has 2 unspecified atom stereocenters. The van der Waals surface area contributed by atoms with Gasteiger partial charge < -0.3 is 5.32 Å². The predicted molar refractivity (Wildman–Crippen MR) is 67.2 cm³/mol. The average molecular weight is 210 g/mol. The summed E-state index contributed by atoms with van der Waals surface area (Å²) in [6, 6.07) is 0.408. The first-order valence-corrected chi connectivity index (χ1v) is 6.30. The summed E-state index contributed by atoms with van der Waals surface area (Å²) in [7, 11) is 0. The van der Waals surface area contributed by atoms with Gasteiger partial charge in [0, 0.05) is 11.6 Å². The quantitative estimate of drug-likeness (QED) is 0.677. The molecular weight excluding hydrogens is 184 g/mol. The van der Waals surface area contributed by atoms with Crippen LogP contribution in [0, 0.1) is 0 Å². The highest BCUT2D eigenvalue weighted by atomic mass is 15.2. The Labute approximate surface area is 94.7 Å². The number of likely N-dealkylation sites (tertiary alicyclic amines) is 1. The van der Waals surface area contributed by atoms with Crippen molar-refractivity contribution >= 4 is 0 Å². The van der Waals surface area contributed by atoms with Crippen molar-refractivity contribution in [3.63, 3.8) is 0 Å². The van der Waals surface area contributed by atoms with Crippen molar-refractivity contribution in [2.24, 2.45) is 0 Å². The normalized spacial score (nSPS) is 23.7. The van der Waals surface area contributed by atoms with E-state index in [0.717, 1.165) is 6.54 Å². The van der Waals surface area contributed by atoms with E-state index < -0.39 is 0 Å². The second-order valence-corrected chi connectivity index (χ2v) is 4.68. The van der Waals surface area contributed by atoms with Crippen LogP contribution in [0.3, 0.4) is 0 Å². The molecular formula is C13H26N2. The molecule has 2 heteroatoms. The third-order valence-electron chi connectivity index (χ3n) is 3.87. The van der Waals surface area contributed by atoms with E-state index in [1.807, 2.05) is 0 Å². The van der Waals surface area contributed by atoms with Crippen molar-refractivity contribution in [1.82, 2.24) is 10.2 Å². The zero-order valence-electron chi connectivity index (χ0n) is 10.6. The molecule has 15 heavy (non-hydrogen) atoms. The van der Waals surface area contributed by atoms with Gasteiger partial charge in [-0.05, 0) is 45.8 Å². The molecule has 0 amide bonds. The van der Waals surface area contributed by atoms with E-state index in [1.54, 1.807) is 0 Å². The minimum atomic E-state index is 0.244. The standard InChI is InChI=1S/C13H26N2/c1-5-12(14-7-3)13(4,6-2)15-10-8-9-11-15/h5,12,14H,1,6-11H2,2-4H3. The third kappa shape index (κ3) is 2.61. The summed E-state index contributed by atoms with van der Waals surface area (Å²) >= 11 is 0. The Hall–Kier alpha value is -0.340. The van der Waals surface area contributed by atoms with Crippen molar-refractivity contribution < 1.29 is 0 Å². The molecule has 0 aromatic rings. The molecule has 1 heterocycles. The van der Waals surface area contributed by atoms with Crippen LogP contribution in [0.5, 0.6) is 0 Å². The minimum absolute atomic E-state index is 0.244. The Bertz CT molecular complexity index is 197. The maximum absolute atomic E-state index is 3.98. The molecule has 0 aliphatic carbocycles. The van der Waals surface area contributed by atoms with E-state index in [-0.39, 0.29) is 5.54 Å². The molecule has 0 saturated carbocycles.